The number of hydrogen-bond acceptors (Lipinski definition) is 5. The number of nitrogens with zero attached hydrogens (tertiary/aromatic N) is 1. The first-order chi connectivity index (χ1) is 11.8. The van der Waals surface area contributed by atoms with Gasteiger partial charge in [0, 0.05) is 18.8 Å². The molecule has 0 saturated carbocycles. The van der Waals surface area contributed by atoms with E-state index in [0.29, 0.717) is 26.0 Å². The molecule has 2 atom stereocenters. The summed E-state index contributed by atoms with van der Waals surface area (Å²) in [6.45, 7) is 6.47. The summed E-state index contributed by atoms with van der Waals surface area (Å²) in [5, 5.41) is 0. The van der Waals surface area contributed by atoms with Gasteiger partial charge in [-0.05, 0) is 39.2 Å². The fourth-order valence-electron chi connectivity index (χ4n) is 3.34. The molecule has 0 radical (unpaired) electrons. The lowest BCUT2D eigenvalue weighted by Gasteiger charge is -2.43. The van der Waals surface area contributed by atoms with Crippen molar-refractivity contribution in [1.82, 2.24) is 4.90 Å². The molecule has 0 amide bonds. The number of hydrogen-bond donors (Lipinski definition) is 0. The van der Waals surface area contributed by atoms with Crippen LogP contribution >= 0.6 is 0 Å². The molecule has 0 N–H and O–H groups in total. The Labute approximate surface area is 148 Å². The normalized spacial score (nSPS) is 25.8. The molecule has 3 rings (SSSR count). The number of piperidine rings is 1. The number of benzene rings is 1. The van der Waals surface area contributed by atoms with E-state index in [2.05, 4.69) is 0 Å². The molecule has 0 aromatic heterocycles. The third kappa shape index (κ3) is 3.61. The topological polar surface area (TPSA) is 55.8 Å². The molecule has 2 aliphatic rings. The van der Waals surface area contributed by atoms with Gasteiger partial charge in [-0.15, -0.1) is 0 Å². The highest BCUT2D eigenvalue weighted by Gasteiger charge is 2.56. The van der Waals surface area contributed by atoms with Gasteiger partial charge in [0.25, 0.3) is 0 Å². The van der Waals surface area contributed by atoms with Crippen molar-refractivity contribution in [3.63, 3.8) is 0 Å². The predicted octanol–water partition coefficient (Wildman–Crippen LogP) is 2.84. The summed E-state index contributed by atoms with van der Waals surface area (Å²) >= 11 is 0. The van der Waals surface area contributed by atoms with Gasteiger partial charge in [0.2, 0.25) is 5.54 Å². The van der Waals surface area contributed by atoms with Crippen LogP contribution < -0.4 is 0 Å². The Bertz CT molecular complexity index is 677. The Morgan fingerprint density at radius 1 is 1.28 bits per heavy atom. The quantitative estimate of drug-likeness (QED) is 0.621. The van der Waals surface area contributed by atoms with Crippen molar-refractivity contribution in [3.8, 4) is 0 Å². The molecular formula is C20H25NO4. The minimum absolute atomic E-state index is 0.0219. The van der Waals surface area contributed by atoms with Crippen molar-refractivity contribution in [2.75, 3.05) is 6.54 Å². The van der Waals surface area contributed by atoms with Crippen molar-refractivity contribution in [1.29, 1.82) is 0 Å². The van der Waals surface area contributed by atoms with E-state index in [1.807, 2.05) is 51.1 Å². The second-order valence-corrected chi connectivity index (χ2v) is 7.65. The summed E-state index contributed by atoms with van der Waals surface area (Å²) in [6.07, 6.45) is 4.21. The van der Waals surface area contributed by atoms with Gasteiger partial charge in [-0.25, -0.2) is 4.79 Å². The van der Waals surface area contributed by atoms with Crippen LogP contribution in [0.25, 0.3) is 0 Å². The molecule has 1 fully saturated rings. The lowest BCUT2D eigenvalue weighted by molar-refractivity contribution is -0.174. The molecule has 0 spiro atoms. The van der Waals surface area contributed by atoms with Crippen LogP contribution in [0.4, 0.5) is 0 Å². The van der Waals surface area contributed by atoms with Gasteiger partial charge in [0.1, 0.15) is 5.60 Å². The van der Waals surface area contributed by atoms with E-state index >= 15 is 0 Å². The van der Waals surface area contributed by atoms with E-state index in [1.165, 1.54) is 6.08 Å². The molecule has 0 bridgehead atoms. The monoisotopic (exact) mass is 343 g/mol. The maximum Gasteiger partial charge on any atom is 0.340 e. The number of ketones is 1. The van der Waals surface area contributed by atoms with Crippen molar-refractivity contribution < 1.29 is 19.1 Å². The highest BCUT2D eigenvalue weighted by atomic mass is 16.6. The van der Waals surface area contributed by atoms with Crippen LogP contribution in [-0.2, 0) is 25.7 Å². The maximum atomic E-state index is 12.7. The molecule has 2 heterocycles. The Morgan fingerprint density at radius 3 is 2.68 bits per heavy atom. The van der Waals surface area contributed by atoms with E-state index in [0.717, 1.165) is 5.56 Å². The number of carbonyl (C=O) groups excluding carboxylic acids is 2. The zero-order valence-corrected chi connectivity index (χ0v) is 15.0. The Balaban J connectivity index is 1.67. The second kappa shape index (κ2) is 6.64. The molecule has 134 valence electrons. The molecule has 1 aromatic carbocycles. The second-order valence-electron chi connectivity index (χ2n) is 7.65. The first-order valence-corrected chi connectivity index (χ1v) is 8.70. The van der Waals surface area contributed by atoms with Crippen LogP contribution in [0.3, 0.4) is 0 Å². The van der Waals surface area contributed by atoms with Crippen LogP contribution in [0.2, 0.25) is 0 Å². The fraction of sp³-hybridized carbons (Fsp3) is 0.500. The summed E-state index contributed by atoms with van der Waals surface area (Å²) < 4.78 is 11.5. The standard InChI is InChI=1S/C20H25NO4/c1-19(2,3)25-18(23)20-11-9-16(13-21(20)12-10-17(20)22)24-14-15-7-5-4-6-8-15/h4-8,10,12,16H,9,11,13-14H2,1-3H3/t16-,20+/m1/s1. The molecule has 5 heteroatoms. The van der Waals surface area contributed by atoms with Crippen LogP contribution in [-0.4, -0.2) is 40.4 Å². The van der Waals surface area contributed by atoms with Gasteiger partial charge < -0.3 is 14.4 Å². The number of ether oxygens (including phenoxy) is 2. The molecular weight excluding hydrogens is 318 g/mol. The molecule has 0 unspecified atom stereocenters. The van der Waals surface area contributed by atoms with Gasteiger partial charge >= 0.3 is 5.97 Å². The van der Waals surface area contributed by atoms with Crippen molar-refractivity contribution >= 4 is 11.8 Å². The van der Waals surface area contributed by atoms with E-state index in [1.54, 1.807) is 11.1 Å². The first kappa shape index (κ1) is 17.7. The van der Waals surface area contributed by atoms with Crippen LogP contribution in [0.5, 0.6) is 0 Å². The van der Waals surface area contributed by atoms with E-state index < -0.39 is 17.1 Å². The summed E-state index contributed by atoms with van der Waals surface area (Å²) in [4.78, 5) is 27.0. The minimum Gasteiger partial charge on any atom is -0.458 e. The Hall–Kier alpha value is -2.14. The molecule has 5 nitrogen and oxygen atoms in total. The van der Waals surface area contributed by atoms with Crippen LogP contribution in [0, 0.1) is 0 Å². The zero-order valence-electron chi connectivity index (χ0n) is 15.0. The summed E-state index contributed by atoms with van der Waals surface area (Å²) in [7, 11) is 0. The van der Waals surface area contributed by atoms with Gasteiger partial charge in [0.15, 0.2) is 5.78 Å². The third-order valence-electron chi connectivity index (χ3n) is 4.60. The average Bonchev–Trinajstić information content (AvgIpc) is 2.90. The SMILES string of the molecule is CC(C)(C)OC(=O)[C@@]12CC[C@@H](OCc3ccccc3)CN1C=CC2=O. The number of rotatable bonds is 4. The number of carbonyl (C=O) groups is 2. The third-order valence-corrected chi connectivity index (χ3v) is 4.60. The van der Waals surface area contributed by atoms with Crippen molar-refractivity contribution in [3.05, 3.63) is 48.2 Å². The summed E-state index contributed by atoms with van der Waals surface area (Å²) in [5.41, 5.74) is -0.722. The molecule has 1 aromatic rings. The lowest BCUT2D eigenvalue weighted by Crippen LogP contribution is -2.61. The van der Waals surface area contributed by atoms with Crippen molar-refractivity contribution in [2.24, 2.45) is 0 Å². The largest absolute Gasteiger partial charge is 0.458 e. The molecule has 1 saturated heterocycles. The van der Waals surface area contributed by atoms with Crippen LogP contribution in [0.1, 0.15) is 39.2 Å². The summed E-state index contributed by atoms with van der Waals surface area (Å²) in [5.74, 6) is -0.653. The van der Waals surface area contributed by atoms with Crippen LogP contribution in [0.15, 0.2) is 42.6 Å². The Kier molecular flexibility index (Phi) is 4.69. The van der Waals surface area contributed by atoms with E-state index in [-0.39, 0.29) is 11.9 Å². The minimum atomic E-state index is -1.21. The molecule has 25 heavy (non-hydrogen) atoms. The maximum absolute atomic E-state index is 12.7. The smallest absolute Gasteiger partial charge is 0.340 e. The van der Waals surface area contributed by atoms with Gasteiger partial charge in [-0.2, -0.15) is 0 Å². The van der Waals surface area contributed by atoms with Gasteiger partial charge in [-0.3, -0.25) is 4.79 Å². The Morgan fingerprint density at radius 2 is 2.00 bits per heavy atom. The van der Waals surface area contributed by atoms with E-state index in [9.17, 15) is 9.59 Å². The van der Waals surface area contributed by atoms with Gasteiger partial charge in [-0.1, -0.05) is 30.3 Å². The molecule has 2 aliphatic heterocycles. The summed E-state index contributed by atoms with van der Waals surface area (Å²) in [6, 6.07) is 9.98. The molecule has 0 aliphatic carbocycles. The number of esters is 1. The fourth-order valence-corrected chi connectivity index (χ4v) is 3.34. The number of fused-ring (bicyclic) bond motifs is 1. The lowest BCUT2D eigenvalue weighted by atomic mass is 9.84. The highest BCUT2D eigenvalue weighted by molar-refractivity contribution is 6.15. The van der Waals surface area contributed by atoms with Gasteiger partial charge in [0.05, 0.1) is 12.7 Å². The first-order valence-electron chi connectivity index (χ1n) is 8.70. The highest BCUT2D eigenvalue weighted by Crippen LogP contribution is 2.37. The average molecular weight is 343 g/mol. The van der Waals surface area contributed by atoms with Crippen molar-refractivity contribution in [2.45, 2.75) is 57.5 Å². The van der Waals surface area contributed by atoms with E-state index in [4.69, 9.17) is 9.47 Å². The zero-order chi connectivity index (χ0) is 18.1. The predicted molar refractivity (Wildman–Crippen MR) is 93.7 cm³/mol.